The second-order valence-electron chi connectivity index (χ2n) is 7.77. The van der Waals surface area contributed by atoms with Gasteiger partial charge < -0.3 is 19.2 Å². The van der Waals surface area contributed by atoms with Crippen LogP contribution in [0.2, 0.25) is 0 Å². The Balaban J connectivity index is 1.75. The Labute approximate surface area is 177 Å². The zero-order valence-electron chi connectivity index (χ0n) is 18.1. The van der Waals surface area contributed by atoms with E-state index in [0.29, 0.717) is 30.8 Å². The molecule has 2 aromatic rings. The summed E-state index contributed by atoms with van der Waals surface area (Å²) in [4.78, 5) is 32.0. The molecule has 162 valence electrons. The van der Waals surface area contributed by atoms with Gasteiger partial charge in [-0.1, -0.05) is 11.6 Å². The van der Waals surface area contributed by atoms with Crippen molar-refractivity contribution in [2.75, 3.05) is 33.3 Å². The molecule has 0 aromatic carbocycles. The highest BCUT2D eigenvalue weighted by molar-refractivity contribution is 5.98. The zero-order valence-corrected chi connectivity index (χ0v) is 18.1. The van der Waals surface area contributed by atoms with Crippen LogP contribution in [0.1, 0.15) is 36.3 Å². The predicted octanol–water partition coefficient (Wildman–Crippen LogP) is 1.70. The number of pyridine rings is 1. The van der Waals surface area contributed by atoms with Gasteiger partial charge in [-0.15, -0.1) is 0 Å². The highest BCUT2D eigenvalue weighted by Gasteiger charge is 2.24. The van der Waals surface area contributed by atoms with Crippen molar-refractivity contribution in [1.29, 1.82) is 0 Å². The minimum atomic E-state index is -0.195. The molecule has 0 atom stereocenters. The van der Waals surface area contributed by atoms with E-state index in [1.165, 1.54) is 18.7 Å². The van der Waals surface area contributed by atoms with Crippen LogP contribution in [-0.2, 0) is 19.5 Å². The quantitative estimate of drug-likeness (QED) is 0.526. The normalized spacial score (nSPS) is 14.0. The molecule has 1 N–H and O–H groups in total. The van der Waals surface area contributed by atoms with E-state index < -0.39 is 0 Å². The Kier molecular flexibility index (Phi) is 7.46. The van der Waals surface area contributed by atoms with E-state index in [9.17, 15) is 9.59 Å². The van der Waals surface area contributed by atoms with Gasteiger partial charge in [-0.2, -0.15) is 0 Å². The lowest BCUT2D eigenvalue weighted by Crippen LogP contribution is -2.32. The molecule has 8 heteroatoms. The molecule has 30 heavy (non-hydrogen) atoms. The number of imidazole rings is 1. The summed E-state index contributed by atoms with van der Waals surface area (Å²) in [5.41, 5.74) is 2.38. The number of rotatable bonds is 8. The standard InChI is InChI=1S/C22H31N5O3/c1-17(2)5-10-25-11-6-18-21(19(30-3)15-20(28)27(18)14-13-25)22(29)24-7-4-9-26-12-8-23-16-26/h5,8,12,15-16H,4,6-7,9-11,13-14H2,1-3H3,(H,24,29). The number of nitrogens with one attached hydrogen (secondary N) is 1. The Morgan fingerprint density at radius 2 is 2.13 bits per heavy atom. The highest BCUT2D eigenvalue weighted by atomic mass is 16.5. The first-order chi connectivity index (χ1) is 14.5. The van der Waals surface area contributed by atoms with Gasteiger partial charge in [0.25, 0.3) is 11.5 Å². The maximum atomic E-state index is 13.0. The Morgan fingerprint density at radius 3 is 2.83 bits per heavy atom. The molecule has 0 aliphatic carbocycles. The first-order valence-corrected chi connectivity index (χ1v) is 10.4. The van der Waals surface area contributed by atoms with E-state index in [4.69, 9.17) is 4.74 Å². The summed E-state index contributed by atoms with van der Waals surface area (Å²) in [7, 11) is 1.50. The molecular formula is C22H31N5O3. The number of methoxy groups -OCH3 is 1. The largest absolute Gasteiger partial charge is 0.496 e. The minimum absolute atomic E-state index is 0.123. The van der Waals surface area contributed by atoms with Gasteiger partial charge in [0.2, 0.25) is 0 Å². The molecule has 0 radical (unpaired) electrons. The van der Waals surface area contributed by atoms with Crippen molar-refractivity contribution in [1.82, 2.24) is 24.3 Å². The number of aryl methyl sites for hydroxylation is 1. The van der Waals surface area contributed by atoms with E-state index in [0.717, 1.165) is 38.3 Å². The fourth-order valence-electron chi connectivity index (χ4n) is 3.66. The van der Waals surface area contributed by atoms with Gasteiger partial charge in [0, 0.05) is 69.8 Å². The van der Waals surface area contributed by atoms with Crippen molar-refractivity contribution in [3.63, 3.8) is 0 Å². The van der Waals surface area contributed by atoms with Gasteiger partial charge in [-0.3, -0.25) is 14.5 Å². The molecule has 1 aliphatic heterocycles. The van der Waals surface area contributed by atoms with Gasteiger partial charge in [-0.05, 0) is 20.3 Å². The lowest BCUT2D eigenvalue weighted by molar-refractivity contribution is 0.0947. The average molecular weight is 414 g/mol. The van der Waals surface area contributed by atoms with Crippen LogP contribution >= 0.6 is 0 Å². The van der Waals surface area contributed by atoms with Crippen LogP contribution in [0.3, 0.4) is 0 Å². The molecule has 2 aromatic heterocycles. The van der Waals surface area contributed by atoms with Crippen molar-refractivity contribution in [3.8, 4) is 5.75 Å². The molecule has 0 bridgehead atoms. The van der Waals surface area contributed by atoms with Crippen LogP contribution in [0.25, 0.3) is 0 Å². The number of hydrogen-bond donors (Lipinski definition) is 1. The number of ether oxygens (including phenoxy) is 1. The van der Waals surface area contributed by atoms with Crippen LogP contribution in [0, 0.1) is 0 Å². The number of allylic oxidation sites excluding steroid dienone is 1. The number of nitrogens with zero attached hydrogens (tertiary/aromatic N) is 4. The van der Waals surface area contributed by atoms with Crippen molar-refractivity contribution in [3.05, 3.63) is 58.0 Å². The van der Waals surface area contributed by atoms with Gasteiger partial charge in [0.05, 0.1) is 13.4 Å². The fourth-order valence-corrected chi connectivity index (χ4v) is 3.66. The van der Waals surface area contributed by atoms with E-state index in [-0.39, 0.29) is 11.5 Å². The predicted molar refractivity (Wildman–Crippen MR) is 116 cm³/mol. The number of carbonyl (C=O) groups is 1. The van der Waals surface area contributed by atoms with Crippen LogP contribution < -0.4 is 15.6 Å². The van der Waals surface area contributed by atoms with Crippen molar-refractivity contribution >= 4 is 5.91 Å². The molecule has 8 nitrogen and oxygen atoms in total. The SMILES string of the molecule is COc1cc(=O)n2c(c1C(=O)NCCCn1ccnc1)CCN(CC=C(C)C)CC2. The molecule has 1 amide bonds. The summed E-state index contributed by atoms with van der Waals surface area (Å²) in [5, 5.41) is 2.99. The monoisotopic (exact) mass is 413 g/mol. The van der Waals surface area contributed by atoms with Crippen LogP contribution in [0.15, 0.2) is 41.2 Å². The minimum Gasteiger partial charge on any atom is -0.496 e. The number of amides is 1. The molecule has 1 aliphatic rings. The summed E-state index contributed by atoms with van der Waals surface area (Å²) >= 11 is 0. The van der Waals surface area contributed by atoms with E-state index in [1.54, 1.807) is 17.1 Å². The lowest BCUT2D eigenvalue weighted by atomic mass is 10.1. The lowest BCUT2D eigenvalue weighted by Gasteiger charge is -2.17. The molecule has 0 saturated carbocycles. The van der Waals surface area contributed by atoms with Crippen LogP contribution in [-0.4, -0.2) is 58.2 Å². The fraction of sp³-hybridized carbons (Fsp3) is 0.500. The zero-order chi connectivity index (χ0) is 21.5. The summed E-state index contributed by atoms with van der Waals surface area (Å²) < 4.78 is 9.12. The van der Waals surface area contributed by atoms with Gasteiger partial charge >= 0.3 is 0 Å². The molecule has 0 saturated heterocycles. The molecule has 3 heterocycles. The summed E-state index contributed by atoms with van der Waals surface area (Å²) in [6, 6.07) is 1.43. The van der Waals surface area contributed by atoms with Gasteiger partial charge in [0.1, 0.15) is 11.3 Å². The molecule has 3 rings (SSSR count). The third-order valence-electron chi connectivity index (χ3n) is 5.33. The highest BCUT2D eigenvalue weighted by Crippen LogP contribution is 2.22. The third-order valence-corrected chi connectivity index (χ3v) is 5.33. The Bertz CT molecular complexity index is 942. The van der Waals surface area contributed by atoms with Crippen molar-refractivity contribution < 1.29 is 9.53 Å². The second kappa shape index (κ2) is 10.2. The average Bonchev–Trinajstić information content (AvgIpc) is 3.15. The molecule has 0 spiro atoms. The second-order valence-corrected chi connectivity index (χ2v) is 7.77. The Hall–Kier alpha value is -2.87. The van der Waals surface area contributed by atoms with E-state index in [2.05, 4.69) is 35.1 Å². The third kappa shape index (κ3) is 5.38. The molecule has 0 unspecified atom stereocenters. The van der Waals surface area contributed by atoms with E-state index in [1.807, 2.05) is 10.8 Å². The first kappa shape index (κ1) is 21.8. The van der Waals surface area contributed by atoms with Gasteiger partial charge in [0.15, 0.2) is 0 Å². The van der Waals surface area contributed by atoms with Crippen molar-refractivity contribution in [2.24, 2.45) is 0 Å². The molecule has 0 fully saturated rings. The van der Waals surface area contributed by atoms with Crippen LogP contribution in [0.5, 0.6) is 5.75 Å². The van der Waals surface area contributed by atoms with Crippen LogP contribution in [0.4, 0.5) is 0 Å². The van der Waals surface area contributed by atoms with E-state index >= 15 is 0 Å². The summed E-state index contributed by atoms with van der Waals surface area (Å²) in [6.45, 7) is 8.45. The summed E-state index contributed by atoms with van der Waals surface area (Å²) in [5.74, 6) is 0.148. The number of aromatic nitrogens is 3. The maximum Gasteiger partial charge on any atom is 0.256 e. The van der Waals surface area contributed by atoms with Crippen molar-refractivity contribution in [2.45, 2.75) is 39.8 Å². The Morgan fingerprint density at radius 1 is 1.30 bits per heavy atom. The number of carbonyl (C=O) groups excluding carboxylic acids is 1. The first-order valence-electron chi connectivity index (χ1n) is 10.4. The molecular weight excluding hydrogens is 382 g/mol. The number of fused-ring (bicyclic) bond motifs is 1. The van der Waals surface area contributed by atoms with Gasteiger partial charge in [-0.25, -0.2) is 4.98 Å². The maximum absolute atomic E-state index is 13.0. The number of hydrogen-bond acceptors (Lipinski definition) is 5. The smallest absolute Gasteiger partial charge is 0.256 e. The summed E-state index contributed by atoms with van der Waals surface area (Å²) in [6.07, 6.45) is 9.00. The topological polar surface area (TPSA) is 81.4 Å².